The van der Waals surface area contributed by atoms with Crippen LogP contribution in [0.15, 0.2) is 24.3 Å². The number of hydrogen-bond acceptors (Lipinski definition) is 9. The quantitative estimate of drug-likeness (QED) is 0.116. The first-order valence-corrected chi connectivity index (χ1v) is 13.5. The minimum atomic E-state index is -1.78. The molecule has 2 rings (SSSR count). The Balaban J connectivity index is 1.91. The van der Waals surface area contributed by atoms with Gasteiger partial charge in [0.2, 0.25) is 17.7 Å². The van der Waals surface area contributed by atoms with E-state index < -0.39 is 46.5 Å². The Morgan fingerprint density at radius 3 is 2.23 bits per heavy atom. The fourth-order valence-electron chi connectivity index (χ4n) is 3.97. The minimum Gasteiger partial charge on any atom is -0.492 e. The molecule has 216 valence electrons. The van der Waals surface area contributed by atoms with Crippen LogP contribution in [0.4, 0.5) is 4.79 Å². The van der Waals surface area contributed by atoms with Crippen LogP contribution >= 0.6 is 11.8 Å². The van der Waals surface area contributed by atoms with Crippen molar-refractivity contribution >= 4 is 40.6 Å². The van der Waals surface area contributed by atoms with Gasteiger partial charge in [-0.05, 0) is 41.9 Å². The average molecular weight is 567 g/mol. The summed E-state index contributed by atoms with van der Waals surface area (Å²) in [6, 6.07) is 6.10. The van der Waals surface area contributed by atoms with E-state index in [0.717, 1.165) is 17.3 Å². The number of rotatable bonds is 13. The van der Waals surface area contributed by atoms with E-state index in [1.54, 1.807) is 45.0 Å². The van der Waals surface area contributed by atoms with E-state index in [0.29, 0.717) is 12.2 Å². The molecule has 5 amide bonds. The maximum atomic E-state index is 13.0. The van der Waals surface area contributed by atoms with Crippen molar-refractivity contribution in [1.82, 2.24) is 21.4 Å². The molecule has 39 heavy (non-hydrogen) atoms. The number of imide groups is 1. The number of nitrogens with one attached hydrogen (secondary N) is 4. The molecule has 0 aliphatic carbocycles. The highest BCUT2D eigenvalue weighted by Crippen LogP contribution is 2.24. The summed E-state index contributed by atoms with van der Waals surface area (Å²) in [5, 5.41) is 26.0. The number of hydrogen-bond donors (Lipinski definition) is 6. The van der Waals surface area contributed by atoms with Crippen molar-refractivity contribution in [2.75, 3.05) is 13.2 Å². The molecule has 1 aliphatic heterocycles. The second-order valence-electron chi connectivity index (χ2n) is 10.8. The second-order valence-corrected chi connectivity index (χ2v) is 12.0. The summed E-state index contributed by atoms with van der Waals surface area (Å²) in [5.41, 5.74) is 1.54. The Labute approximate surface area is 232 Å². The smallest absolute Gasteiger partial charge is 0.286 e. The van der Waals surface area contributed by atoms with Gasteiger partial charge in [0.25, 0.3) is 11.1 Å². The third-order valence-electron chi connectivity index (χ3n) is 6.02. The third kappa shape index (κ3) is 9.83. The molecule has 1 saturated heterocycles. The maximum Gasteiger partial charge on any atom is 0.286 e. The van der Waals surface area contributed by atoms with E-state index in [1.807, 2.05) is 13.8 Å². The zero-order valence-electron chi connectivity index (χ0n) is 22.8. The number of ether oxygens (including phenoxy) is 1. The Morgan fingerprint density at radius 2 is 1.72 bits per heavy atom. The SMILES string of the molecule is CC(C)CC(C(=O)N[C@H](C(=O)NCCOc1ccc(CC2SC(=O)NC2=O)cc1)C(C)(C)C)C(O)C(=O)NO. The lowest BCUT2D eigenvalue weighted by molar-refractivity contribution is -0.147. The Kier molecular flexibility index (Phi) is 11.7. The topological polar surface area (TPSA) is 183 Å². The van der Waals surface area contributed by atoms with Crippen molar-refractivity contribution in [3.8, 4) is 5.75 Å². The Hall–Kier alpha value is -3.16. The largest absolute Gasteiger partial charge is 0.492 e. The number of carbonyl (C=O) groups is 5. The van der Waals surface area contributed by atoms with Gasteiger partial charge in [-0.25, -0.2) is 5.48 Å². The maximum absolute atomic E-state index is 13.0. The molecule has 12 nitrogen and oxygen atoms in total. The molecule has 0 radical (unpaired) electrons. The summed E-state index contributed by atoms with van der Waals surface area (Å²) < 4.78 is 5.68. The minimum absolute atomic E-state index is 0.0414. The predicted molar refractivity (Wildman–Crippen MR) is 144 cm³/mol. The van der Waals surface area contributed by atoms with E-state index >= 15 is 0 Å². The van der Waals surface area contributed by atoms with Crippen molar-refractivity contribution in [1.29, 1.82) is 0 Å². The molecule has 0 bridgehead atoms. The summed E-state index contributed by atoms with van der Waals surface area (Å²) >= 11 is 0.970. The number of carbonyl (C=O) groups excluding carboxylic acids is 5. The molecule has 0 spiro atoms. The lowest BCUT2D eigenvalue weighted by atomic mass is 9.84. The molecule has 1 aliphatic rings. The predicted octanol–water partition coefficient (Wildman–Crippen LogP) is 1.14. The normalized spacial score (nSPS) is 17.7. The number of aliphatic hydroxyl groups is 1. The lowest BCUT2D eigenvalue weighted by Gasteiger charge is -2.32. The van der Waals surface area contributed by atoms with Crippen molar-refractivity contribution in [3.05, 3.63) is 29.8 Å². The summed E-state index contributed by atoms with van der Waals surface area (Å²) in [4.78, 5) is 60.8. The van der Waals surface area contributed by atoms with Gasteiger partial charge in [0.1, 0.15) is 24.5 Å². The molecule has 0 aromatic heterocycles. The summed E-state index contributed by atoms with van der Waals surface area (Å²) in [6.07, 6.45) is -1.20. The van der Waals surface area contributed by atoms with Gasteiger partial charge in [0.05, 0.1) is 17.7 Å². The molecule has 0 saturated carbocycles. The summed E-state index contributed by atoms with van der Waals surface area (Å²) in [7, 11) is 0. The van der Waals surface area contributed by atoms with E-state index in [-0.39, 0.29) is 36.6 Å². The zero-order valence-corrected chi connectivity index (χ0v) is 23.6. The number of benzene rings is 1. The fourth-order valence-corrected chi connectivity index (χ4v) is 4.83. The van der Waals surface area contributed by atoms with Gasteiger partial charge in [-0.2, -0.15) is 0 Å². The second kappa shape index (κ2) is 14.3. The molecule has 13 heteroatoms. The molecule has 3 unspecified atom stereocenters. The number of thioether (sulfide) groups is 1. The van der Waals surface area contributed by atoms with Gasteiger partial charge in [0.15, 0.2) is 0 Å². The third-order valence-corrected chi connectivity index (χ3v) is 7.00. The zero-order chi connectivity index (χ0) is 29.3. The van der Waals surface area contributed by atoms with Crippen LogP contribution in [0.25, 0.3) is 0 Å². The van der Waals surface area contributed by atoms with E-state index in [1.165, 1.54) is 5.48 Å². The molecular formula is C26H38N4O8S. The van der Waals surface area contributed by atoms with Crippen LogP contribution < -0.4 is 26.2 Å². The molecule has 1 heterocycles. The molecule has 1 fully saturated rings. The van der Waals surface area contributed by atoms with E-state index in [9.17, 15) is 29.1 Å². The van der Waals surface area contributed by atoms with Gasteiger partial charge in [-0.15, -0.1) is 0 Å². The summed E-state index contributed by atoms with van der Waals surface area (Å²) in [6.45, 7) is 9.25. The van der Waals surface area contributed by atoms with Crippen LogP contribution in [0.5, 0.6) is 5.75 Å². The number of aliphatic hydroxyl groups excluding tert-OH is 1. The van der Waals surface area contributed by atoms with Gasteiger partial charge in [-0.3, -0.25) is 34.5 Å². The molecule has 1 aromatic carbocycles. The van der Waals surface area contributed by atoms with Crippen molar-refractivity contribution in [3.63, 3.8) is 0 Å². The number of hydroxylamine groups is 1. The molecule has 4 atom stereocenters. The first-order chi connectivity index (χ1) is 18.2. The highest BCUT2D eigenvalue weighted by molar-refractivity contribution is 8.15. The van der Waals surface area contributed by atoms with Crippen LogP contribution in [-0.2, 0) is 25.6 Å². The van der Waals surface area contributed by atoms with Crippen LogP contribution in [0.3, 0.4) is 0 Å². The van der Waals surface area contributed by atoms with Crippen molar-refractivity contribution < 1.29 is 39.0 Å². The first kappa shape index (κ1) is 32.1. The average Bonchev–Trinajstić information content (AvgIpc) is 3.18. The Morgan fingerprint density at radius 1 is 1.08 bits per heavy atom. The van der Waals surface area contributed by atoms with Gasteiger partial charge < -0.3 is 20.5 Å². The van der Waals surface area contributed by atoms with Crippen molar-refractivity contribution in [2.45, 2.75) is 64.9 Å². The van der Waals surface area contributed by atoms with Crippen molar-refractivity contribution in [2.24, 2.45) is 17.3 Å². The molecule has 1 aromatic rings. The standard InChI is InChI=1S/C26H38N4O8S/c1-14(2)12-17(19(31)23(34)30-37)21(32)28-20(26(3,4)5)24(35)27-10-11-38-16-8-6-15(7-9-16)13-18-22(33)29-25(36)39-18/h6-9,14,17-20,31,37H,10-13H2,1-5H3,(H,27,35)(H,28,32)(H,30,34)(H,29,33,36)/t17?,18?,19?,20-/m1/s1. The van der Waals surface area contributed by atoms with Crippen LogP contribution in [0, 0.1) is 17.3 Å². The summed E-state index contributed by atoms with van der Waals surface area (Å²) in [5.74, 6) is -3.18. The Bertz CT molecular complexity index is 1040. The van der Waals surface area contributed by atoms with Gasteiger partial charge >= 0.3 is 0 Å². The van der Waals surface area contributed by atoms with Crippen LogP contribution in [-0.4, -0.2) is 69.7 Å². The fraction of sp³-hybridized carbons (Fsp3) is 0.577. The van der Waals surface area contributed by atoms with E-state index in [4.69, 9.17) is 9.94 Å². The van der Waals surface area contributed by atoms with Gasteiger partial charge in [-0.1, -0.05) is 58.5 Å². The first-order valence-electron chi connectivity index (χ1n) is 12.7. The van der Waals surface area contributed by atoms with Crippen LogP contribution in [0.1, 0.15) is 46.6 Å². The van der Waals surface area contributed by atoms with E-state index in [2.05, 4.69) is 16.0 Å². The molecular weight excluding hydrogens is 528 g/mol. The lowest BCUT2D eigenvalue weighted by Crippen LogP contribution is -2.57. The van der Waals surface area contributed by atoms with Gasteiger partial charge in [0, 0.05) is 0 Å². The molecule has 6 N–H and O–H groups in total. The number of amides is 5. The van der Waals surface area contributed by atoms with Crippen LogP contribution in [0.2, 0.25) is 0 Å². The highest BCUT2D eigenvalue weighted by Gasteiger charge is 2.38. The highest BCUT2D eigenvalue weighted by atomic mass is 32.2. The monoisotopic (exact) mass is 566 g/mol.